The Morgan fingerprint density at radius 1 is 1.80 bits per heavy atom. The molecule has 10 heavy (non-hydrogen) atoms. The molecule has 2 nitrogen and oxygen atoms in total. The number of amides is 1. The summed E-state index contributed by atoms with van der Waals surface area (Å²) < 4.78 is 0. The molecule has 2 rings (SSSR count). The van der Waals surface area contributed by atoms with Crippen molar-refractivity contribution >= 4 is 17.7 Å². The Labute approximate surface area is 63.6 Å². The maximum absolute atomic E-state index is 11.0. The summed E-state index contributed by atoms with van der Waals surface area (Å²) in [6.45, 7) is 3.68. The molecule has 3 heteroatoms. The van der Waals surface area contributed by atoms with Gasteiger partial charge in [-0.2, -0.15) is 0 Å². The van der Waals surface area contributed by atoms with E-state index in [0.29, 0.717) is 0 Å². The first kappa shape index (κ1) is 6.04. The Bertz CT molecular complexity index is 234. The molecule has 1 amide bonds. The van der Waals surface area contributed by atoms with Gasteiger partial charge in [-0.1, -0.05) is 12.7 Å². The van der Waals surface area contributed by atoms with Crippen molar-refractivity contribution in [2.24, 2.45) is 0 Å². The van der Waals surface area contributed by atoms with Crippen LogP contribution < -0.4 is 0 Å². The van der Waals surface area contributed by atoms with Crippen LogP contribution >= 0.6 is 11.8 Å². The first-order chi connectivity index (χ1) is 4.80. The van der Waals surface area contributed by atoms with Crippen molar-refractivity contribution in [1.29, 1.82) is 0 Å². The van der Waals surface area contributed by atoms with Gasteiger partial charge in [-0.05, 0) is 0 Å². The third-order valence-electron chi connectivity index (χ3n) is 1.68. The third-order valence-corrected chi connectivity index (χ3v) is 2.89. The molecule has 0 radical (unpaired) electrons. The van der Waals surface area contributed by atoms with E-state index in [-0.39, 0.29) is 11.3 Å². The lowest BCUT2D eigenvalue weighted by molar-refractivity contribution is -0.130. The van der Waals surface area contributed by atoms with Crippen molar-refractivity contribution in [2.45, 2.75) is 5.37 Å². The SMILES string of the molecule is C=C1C(=O)N2C=CCS[C@@H]12. The highest BCUT2D eigenvalue weighted by atomic mass is 32.2. The van der Waals surface area contributed by atoms with Gasteiger partial charge in [0.1, 0.15) is 5.37 Å². The van der Waals surface area contributed by atoms with Gasteiger partial charge in [0, 0.05) is 17.5 Å². The molecule has 2 heterocycles. The fraction of sp³-hybridized carbons (Fsp3) is 0.286. The van der Waals surface area contributed by atoms with Gasteiger partial charge in [-0.25, -0.2) is 0 Å². The minimum Gasteiger partial charge on any atom is -0.299 e. The largest absolute Gasteiger partial charge is 0.299 e. The minimum atomic E-state index is 0.0773. The molecule has 1 fully saturated rings. The van der Waals surface area contributed by atoms with Crippen molar-refractivity contribution in [1.82, 2.24) is 4.90 Å². The molecule has 0 aromatic rings. The second kappa shape index (κ2) is 1.89. The van der Waals surface area contributed by atoms with Crippen LogP contribution in [0.1, 0.15) is 0 Å². The van der Waals surface area contributed by atoms with Gasteiger partial charge in [0.15, 0.2) is 0 Å². The monoisotopic (exact) mass is 153 g/mol. The van der Waals surface area contributed by atoms with Gasteiger partial charge < -0.3 is 0 Å². The molecular formula is C7H7NOS. The molecule has 0 aromatic heterocycles. The number of carbonyl (C=O) groups is 1. The number of nitrogens with zero attached hydrogens (tertiary/aromatic N) is 1. The summed E-state index contributed by atoms with van der Waals surface area (Å²) in [6, 6.07) is 0. The molecule has 0 saturated carbocycles. The third kappa shape index (κ3) is 0.583. The van der Waals surface area contributed by atoms with Gasteiger partial charge in [0.05, 0.1) is 0 Å². The molecule has 0 N–H and O–H groups in total. The van der Waals surface area contributed by atoms with Crippen LogP contribution in [0.15, 0.2) is 24.4 Å². The zero-order chi connectivity index (χ0) is 7.14. The Morgan fingerprint density at radius 2 is 2.60 bits per heavy atom. The standard InChI is InChI=1S/C7H7NOS/c1-5-6(9)8-3-2-4-10-7(5)8/h2-3,7H,1,4H2/t7-/m0/s1. The number of β-lactam (4-membered cyclic amide) rings is 1. The minimum absolute atomic E-state index is 0.0773. The van der Waals surface area contributed by atoms with E-state index in [9.17, 15) is 4.79 Å². The Balaban J connectivity index is 2.26. The van der Waals surface area contributed by atoms with E-state index in [1.54, 1.807) is 16.7 Å². The van der Waals surface area contributed by atoms with Gasteiger partial charge in [0.2, 0.25) is 0 Å². The second-order valence-corrected chi connectivity index (χ2v) is 3.42. The fourth-order valence-corrected chi connectivity index (χ4v) is 2.12. The predicted octanol–water partition coefficient (Wildman–Crippen LogP) is 0.971. The molecular weight excluding hydrogens is 146 g/mol. The first-order valence-electron chi connectivity index (χ1n) is 3.10. The summed E-state index contributed by atoms with van der Waals surface area (Å²) >= 11 is 1.74. The Kier molecular flexibility index (Phi) is 1.14. The molecule has 1 atom stereocenters. The summed E-state index contributed by atoms with van der Waals surface area (Å²) in [5, 5.41) is 0.248. The summed E-state index contributed by atoms with van der Waals surface area (Å²) in [5.41, 5.74) is 0.745. The van der Waals surface area contributed by atoms with Gasteiger partial charge >= 0.3 is 0 Å². The van der Waals surface area contributed by atoms with Crippen molar-refractivity contribution in [3.05, 3.63) is 24.4 Å². The topological polar surface area (TPSA) is 20.3 Å². The van der Waals surface area contributed by atoms with Crippen LogP contribution in [0.5, 0.6) is 0 Å². The molecule has 1 saturated heterocycles. The fourth-order valence-electron chi connectivity index (χ4n) is 1.11. The van der Waals surface area contributed by atoms with E-state index in [1.807, 2.05) is 12.3 Å². The predicted molar refractivity (Wildman–Crippen MR) is 41.4 cm³/mol. The molecule has 0 spiro atoms. The second-order valence-electron chi connectivity index (χ2n) is 2.31. The zero-order valence-corrected chi connectivity index (χ0v) is 6.23. The van der Waals surface area contributed by atoms with E-state index in [1.165, 1.54) is 0 Å². The van der Waals surface area contributed by atoms with Crippen molar-refractivity contribution < 1.29 is 4.79 Å². The van der Waals surface area contributed by atoms with Crippen molar-refractivity contribution in [2.75, 3.05) is 5.75 Å². The highest BCUT2D eigenvalue weighted by molar-refractivity contribution is 8.00. The Hall–Kier alpha value is -0.700. The van der Waals surface area contributed by atoms with Gasteiger partial charge in [0.25, 0.3) is 5.91 Å². The molecule has 0 aromatic carbocycles. The smallest absolute Gasteiger partial charge is 0.257 e. The number of hydrogen-bond donors (Lipinski definition) is 0. The highest BCUT2D eigenvalue weighted by Gasteiger charge is 2.40. The molecule has 0 unspecified atom stereocenters. The van der Waals surface area contributed by atoms with Crippen molar-refractivity contribution in [3.8, 4) is 0 Å². The molecule has 0 bridgehead atoms. The maximum Gasteiger partial charge on any atom is 0.257 e. The van der Waals surface area contributed by atoms with Crippen LogP contribution in [0.4, 0.5) is 0 Å². The maximum atomic E-state index is 11.0. The van der Waals surface area contributed by atoms with Crippen molar-refractivity contribution in [3.63, 3.8) is 0 Å². The lowest BCUT2D eigenvalue weighted by Crippen LogP contribution is -2.50. The van der Waals surface area contributed by atoms with E-state index < -0.39 is 0 Å². The lowest BCUT2D eigenvalue weighted by atomic mass is 10.1. The first-order valence-corrected chi connectivity index (χ1v) is 4.15. The van der Waals surface area contributed by atoms with Crippen LogP contribution in [0.3, 0.4) is 0 Å². The van der Waals surface area contributed by atoms with E-state index >= 15 is 0 Å². The number of rotatable bonds is 0. The van der Waals surface area contributed by atoms with Crippen LogP contribution in [0, 0.1) is 0 Å². The summed E-state index contributed by atoms with van der Waals surface area (Å²) in [4.78, 5) is 12.7. The number of thioether (sulfide) groups is 1. The van der Waals surface area contributed by atoms with Crippen LogP contribution in [0.2, 0.25) is 0 Å². The van der Waals surface area contributed by atoms with Gasteiger partial charge in [-0.3, -0.25) is 9.69 Å². The number of hydrogen-bond acceptors (Lipinski definition) is 2. The van der Waals surface area contributed by atoms with E-state index in [2.05, 4.69) is 6.58 Å². The van der Waals surface area contributed by atoms with Gasteiger partial charge in [-0.15, -0.1) is 11.8 Å². The lowest BCUT2D eigenvalue weighted by Gasteiger charge is -2.41. The average Bonchev–Trinajstić information content (AvgIpc) is 2.03. The highest BCUT2D eigenvalue weighted by Crippen LogP contribution is 2.36. The molecule has 0 aliphatic carbocycles. The van der Waals surface area contributed by atoms with Crippen LogP contribution in [-0.4, -0.2) is 21.9 Å². The van der Waals surface area contributed by atoms with E-state index in [4.69, 9.17) is 0 Å². The average molecular weight is 153 g/mol. The normalized spacial score (nSPS) is 30.0. The Morgan fingerprint density at radius 3 is 3.30 bits per heavy atom. The molecule has 52 valence electrons. The van der Waals surface area contributed by atoms with Crippen LogP contribution in [0.25, 0.3) is 0 Å². The molecule has 2 aliphatic heterocycles. The summed E-state index contributed by atoms with van der Waals surface area (Å²) in [5.74, 6) is 1.07. The van der Waals surface area contributed by atoms with Crippen LogP contribution in [-0.2, 0) is 4.79 Å². The zero-order valence-electron chi connectivity index (χ0n) is 5.41. The summed E-state index contributed by atoms with van der Waals surface area (Å²) in [6.07, 6.45) is 3.84. The quantitative estimate of drug-likeness (QED) is 0.382. The molecule has 2 aliphatic rings. The number of carbonyl (C=O) groups excluding carboxylic acids is 1. The number of fused-ring (bicyclic) bond motifs is 1. The van der Waals surface area contributed by atoms with E-state index in [0.717, 1.165) is 11.3 Å². The summed E-state index contributed by atoms with van der Waals surface area (Å²) in [7, 11) is 0.